The predicted octanol–water partition coefficient (Wildman–Crippen LogP) is 4.47. The number of carbonyl (C=O) groups is 2. The van der Waals surface area contributed by atoms with Gasteiger partial charge in [-0.05, 0) is 60.7 Å². The third kappa shape index (κ3) is 5.70. The molecule has 3 N–H and O–H groups in total. The molecule has 0 fully saturated rings. The van der Waals surface area contributed by atoms with Gasteiger partial charge in [0.15, 0.2) is 0 Å². The fraction of sp³-hybridized carbons (Fsp3) is 0.130. The molecule has 0 saturated heterocycles. The van der Waals surface area contributed by atoms with Gasteiger partial charge in [-0.1, -0.05) is 26.0 Å². The van der Waals surface area contributed by atoms with Crippen LogP contribution in [0.25, 0.3) is 0 Å². The van der Waals surface area contributed by atoms with Crippen molar-refractivity contribution < 1.29 is 22.4 Å². The summed E-state index contributed by atoms with van der Waals surface area (Å²) in [5, 5.41) is 5.46. The molecule has 0 aliphatic rings. The van der Waals surface area contributed by atoms with E-state index < -0.39 is 21.7 Å². The Hall–Kier alpha value is -3.72. The van der Waals surface area contributed by atoms with Crippen LogP contribution in [-0.2, 0) is 14.8 Å². The zero-order valence-corrected chi connectivity index (χ0v) is 18.2. The molecule has 0 aliphatic carbocycles. The van der Waals surface area contributed by atoms with Crippen molar-refractivity contribution in [2.24, 2.45) is 5.92 Å². The predicted molar refractivity (Wildman–Crippen MR) is 122 cm³/mol. The van der Waals surface area contributed by atoms with Gasteiger partial charge in [0.1, 0.15) is 5.82 Å². The van der Waals surface area contributed by atoms with Crippen molar-refractivity contribution in [3.8, 4) is 0 Å². The van der Waals surface area contributed by atoms with Gasteiger partial charge in [-0.2, -0.15) is 0 Å². The maximum atomic E-state index is 13.7. The van der Waals surface area contributed by atoms with Gasteiger partial charge in [0.25, 0.3) is 15.9 Å². The molecule has 0 aliphatic heterocycles. The second-order valence-corrected chi connectivity index (χ2v) is 8.97. The lowest BCUT2D eigenvalue weighted by Crippen LogP contribution is -2.17. The minimum absolute atomic E-state index is 0.109. The SMILES string of the molecule is CC(C)C(=O)Nc1ccc(NC(=O)c2ccc(S(=O)(=O)Nc3ccccc3F)cc2)cc1. The molecule has 0 atom stereocenters. The highest BCUT2D eigenvalue weighted by molar-refractivity contribution is 7.92. The molecule has 2 amide bonds. The van der Waals surface area contributed by atoms with Gasteiger partial charge in [0.2, 0.25) is 5.91 Å². The number of sulfonamides is 1. The van der Waals surface area contributed by atoms with Crippen LogP contribution in [0, 0.1) is 11.7 Å². The van der Waals surface area contributed by atoms with Gasteiger partial charge in [-0.25, -0.2) is 12.8 Å². The lowest BCUT2D eigenvalue weighted by Gasteiger charge is -2.11. The number of hydrogen-bond acceptors (Lipinski definition) is 4. The second-order valence-electron chi connectivity index (χ2n) is 7.29. The number of hydrogen-bond donors (Lipinski definition) is 3. The molecule has 0 radical (unpaired) electrons. The number of rotatable bonds is 7. The molecule has 9 heteroatoms. The summed E-state index contributed by atoms with van der Waals surface area (Å²) in [4.78, 5) is 24.1. The maximum absolute atomic E-state index is 13.7. The van der Waals surface area contributed by atoms with E-state index in [0.717, 1.165) is 6.07 Å². The first-order valence-corrected chi connectivity index (χ1v) is 11.2. The molecule has 0 bridgehead atoms. The van der Waals surface area contributed by atoms with Gasteiger partial charge in [0, 0.05) is 22.9 Å². The van der Waals surface area contributed by atoms with Gasteiger partial charge in [-0.15, -0.1) is 0 Å². The maximum Gasteiger partial charge on any atom is 0.261 e. The van der Waals surface area contributed by atoms with Crippen LogP contribution < -0.4 is 15.4 Å². The minimum Gasteiger partial charge on any atom is -0.326 e. The van der Waals surface area contributed by atoms with E-state index in [9.17, 15) is 22.4 Å². The quantitative estimate of drug-likeness (QED) is 0.489. The van der Waals surface area contributed by atoms with Gasteiger partial charge in [0.05, 0.1) is 10.6 Å². The third-order valence-electron chi connectivity index (χ3n) is 4.48. The topological polar surface area (TPSA) is 104 Å². The highest BCUT2D eigenvalue weighted by atomic mass is 32.2. The molecule has 0 heterocycles. The van der Waals surface area contributed by atoms with E-state index in [4.69, 9.17) is 0 Å². The minimum atomic E-state index is -4.01. The van der Waals surface area contributed by atoms with E-state index in [0.29, 0.717) is 11.4 Å². The second kappa shape index (κ2) is 9.61. The zero-order chi connectivity index (χ0) is 23.3. The molecule has 7 nitrogen and oxygen atoms in total. The van der Waals surface area contributed by atoms with Crippen LogP contribution >= 0.6 is 0 Å². The average molecular weight is 456 g/mol. The Morgan fingerprint density at radius 1 is 0.812 bits per heavy atom. The van der Waals surface area contributed by atoms with Crippen molar-refractivity contribution in [2.75, 3.05) is 15.4 Å². The number of benzene rings is 3. The number of amides is 2. The number of anilines is 3. The van der Waals surface area contributed by atoms with Crippen LogP contribution in [-0.4, -0.2) is 20.2 Å². The molecule has 3 rings (SSSR count). The molecule has 0 unspecified atom stereocenters. The van der Waals surface area contributed by atoms with E-state index in [1.165, 1.54) is 42.5 Å². The van der Waals surface area contributed by atoms with Crippen molar-refractivity contribution in [1.29, 1.82) is 0 Å². The van der Waals surface area contributed by atoms with Crippen molar-refractivity contribution in [3.05, 3.63) is 84.2 Å². The molecular formula is C23H22FN3O4S. The summed E-state index contributed by atoms with van der Waals surface area (Å²) < 4.78 is 40.9. The Labute approximate surface area is 185 Å². The average Bonchev–Trinajstić information content (AvgIpc) is 2.76. The molecule has 0 spiro atoms. The standard InChI is InChI=1S/C23H22FN3O4S/c1-15(2)22(28)25-17-9-11-18(12-10-17)26-23(29)16-7-13-19(14-8-16)32(30,31)27-21-6-4-3-5-20(21)24/h3-15,27H,1-2H3,(H,25,28)(H,26,29). The molecule has 32 heavy (non-hydrogen) atoms. The smallest absolute Gasteiger partial charge is 0.261 e. The van der Waals surface area contributed by atoms with Gasteiger partial charge in [-0.3, -0.25) is 14.3 Å². The largest absolute Gasteiger partial charge is 0.326 e. The molecule has 0 saturated carbocycles. The van der Waals surface area contributed by atoms with Crippen LogP contribution in [0.2, 0.25) is 0 Å². The molecular weight excluding hydrogens is 433 g/mol. The van der Waals surface area contributed by atoms with E-state index in [2.05, 4.69) is 15.4 Å². The Morgan fingerprint density at radius 3 is 1.94 bits per heavy atom. The number of carbonyl (C=O) groups excluding carboxylic acids is 2. The van der Waals surface area contributed by atoms with Crippen LogP contribution in [0.3, 0.4) is 0 Å². The van der Waals surface area contributed by atoms with Crippen molar-refractivity contribution in [3.63, 3.8) is 0 Å². The highest BCUT2D eigenvalue weighted by Gasteiger charge is 2.17. The Kier molecular flexibility index (Phi) is 6.89. The lowest BCUT2D eigenvalue weighted by atomic mass is 10.2. The molecule has 166 valence electrons. The third-order valence-corrected chi connectivity index (χ3v) is 5.86. The lowest BCUT2D eigenvalue weighted by molar-refractivity contribution is -0.118. The van der Waals surface area contributed by atoms with Gasteiger partial charge < -0.3 is 10.6 Å². The van der Waals surface area contributed by atoms with E-state index in [1.807, 2.05) is 0 Å². The fourth-order valence-electron chi connectivity index (χ4n) is 2.66. The molecule has 0 aromatic heterocycles. The summed E-state index contributed by atoms with van der Waals surface area (Å²) in [5.41, 5.74) is 1.20. The summed E-state index contributed by atoms with van der Waals surface area (Å²) in [6.07, 6.45) is 0. The Morgan fingerprint density at radius 2 is 1.38 bits per heavy atom. The fourth-order valence-corrected chi connectivity index (χ4v) is 3.73. The highest BCUT2D eigenvalue weighted by Crippen LogP contribution is 2.20. The zero-order valence-electron chi connectivity index (χ0n) is 17.4. The van der Waals surface area contributed by atoms with Gasteiger partial charge >= 0.3 is 0 Å². The number of halogens is 1. The number of para-hydroxylation sites is 1. The summed E-state index contributed by atoms with van der Waals surface area (Å²) in [5.74, 6) is -1.39. The number of nitrogens with one attached hydrogen (secondary N) is 3. The van der Waals surface area contributed by atoms with E-state index >= 15 is 0 Å². The van der Waals surface area contributed by atoms with Crippen LogP contribution in [0.5, 0.6) is 0 Å². The van der Waals surface area contributed by atoms with E-state index in [-0.39, 0.29) is 28.0 Å². The van der Waals surface area contributed by atoms with Crippen molar-refractivity contribution >= 4 is 38.9 Å². The first kappa shape index (κ1) is 23.0. The normalized spacial score (nSPS) is 11.1. The molecule has 3 aromatic rings. The summed E-state index contributed by atoms with van der Waals surface area (Å²) in [6, 6.07) is 17.3. The van der Waals surface area contributed by atoms with Crippen molar-refractivity contribution in [2.45, 2.75) is 18.7 Å². The Bertz CT molecular complexity index is 1220. The van der Waals surface area contributed by atoms with Crippen LogP contribution in [0.4, 0.5) is 21.5 Å². The van der Waals surface area contributed by atoms with E-state index in [1.54, 1.807) is 38.1 Å². The summed E-state index contributed by atoms with van der Waals surface area (Å²) >= 11 is 0. The summed E-state index contributed by atoms with van der Waals surface area (Å²) in [7, 11) is -4.01. The first-order chi connectivity index (χ1) is 15.2. The monoisotopic (exact) mass is 455 g/mol. The summed E-state index contributed by atoms with van der Waals surface area (Å²) in [6.45, 7) is 3.58. The van der Waals surface area contributed by atoms with Crippen molar-refractivity contribution in [1.82, 2.24) is 0 Å². The molecule has 3 aromatic carbocycles. The van der Waals surface area contributed by atoms with Crippen LogP contribution in [0.15, 0.2) is 77.7 Å². The Balaban J connectivity index is 1.66. The first-order valence-electron chi connectivity index (χ1n) is 9.75. The van der Waals surface area contributed by atoms with Crippen LogP contribution in [0.1, 0.15) is 24.2 Å².